The second-order valence-corrected chi connectivity index (χ2v) is 7.22. The van der Waals surface area contributed by atoms with E-state index >= 15 is 0 Å². The van der Waals surface area contributed by atoms with Gasteiger partial charge in [-0.3, -0.25) is 0 Å². The second kappa shape index (κ2) is 6.17. The van der Waals surface area contributed by atoms with Crippen molar-refractivity contribution in [1.82, 2.24) is 9.29 Å². The molecule has 0 saturated carbocycles. The standard InChI is InChI=1S/C13H20N2O5S/c1-9(2)15-7-11(5-12(15)13(16)17)21(18,19)14-6-10-3-4-20-8-10/h5,7,9-10,14H,3-4,6,8H2,1-2H3,(H,16,17). The third-order valence-electron chi connectivity index (χ3n) is 3.50. The summed E-state index contributed by atoms with van der Waals surface area (Å²) in [6, 6.07) is 1.05. The molecule has 2 rings (SSSR count). The van der Waals surface area contributed by atoms with Crippen LogP contribution in [0, 0.1) is 5.92 Å². The molecule has 7 nitrogen and oxygen atoms in total. The third-order valence-corrected chi connectivity index (χ3v) is 4.89. The number of sulfonamides is 1. The van der Waals surface area contributed by atoms with Crippen LogP contribution in [0.15, 0.2) is 17.2 Å². The molecule has 8 heteroatoms. The lowest BCUT2D eigenvalue weighted by Crippen LogP contribution is -2.29. The molecule has 2 N–H and O–H groups in total. The van der Waals surface area contributed by atoms with Crippen molar-refractivity contribution >= 4 is 16.0 Å². The number of carboxylic acid groups (broad SMARTS) is 1. The number of nitrogens with zero attached hydrogens (tertiary/aromatic N) is 1. The molecule has 0 radical (unpaired) electrons. The van der Waals surface area contributed by atoms with Crippen LogP contribution in [0.25, 0.3) is 0 Å². The number of carboxylic acids is 1. The molecule has 0 bridgehead atoms. The van der Waals surface area contributed by atoms with Gasteiger partial charge in [-0.1, -0.05) is 0 Å². The average Bonchev–Trinajstić information content (AvgIpc) is 3.06. The Balaban J connectivity index is 2.19. The van der Waals surface area contributed by atoms with E-state index in [1.165, 1.54) is 16.8 Å². The van der Waals surface area contributed by atoms with Crippen molar-refractivity contribution in [2.75, 3.05) is 19.8 Å². The van der Waals surface area contributed by atoms with E-state index in [0.717, 1.165) is 6.42 Å². The minimum absolute atomic E-state index is 0.0208. The highest BCUT2D eigenvalue weighted by Crippen LogP contribution is 2.19. The van der Waals surface area contributed by atoms with Gasteiger partial charge in [-0.05, 0) is 32.3 Å². The average molecular weight is 316 g/mol. The Bertz CT molecular complexity index is 615. The van der Waals surface area contributed by atoms with Crippen LogP contribution in [-0.4, -0.2) is 43.8 Å². The minimum Gasteiger partial charge on any atom is -0.477 e. The van der Waals surface area contributed by atoms with Crippen LogP contribution >= 0.6 is 0 Å². The molecule has 1 aliphatic heterocycles. The van der Waals surface area contributed by atoms with Gasteiger partial charge in [0.15, 0.2) is 0 Å². The van der Waals surface area contributed by atoms with Gasteiger partial charge in [0.1, 0.15) is 10.6 Å². The molecule has 0 amide bonds. The molecule has 118 valence electrons. The van der Waals surface area contributed by atoms with Gasteiger partial charge < -0.3 is 14.4 Å². The normalized spacial score (nSPS) is 19.3. The Hall–Kier alpha value is -1.38. The molecular weight excluding hydrogens is 296 g/mol. The van der Waals surface area contributed by atoms with Gasteiger partial charge in [0.25, 0.3) is 0 Å². The van der Waals surface area contributed by atoms with Crippen molar-refractivity contribution in [3.8, 4) is 0 Å². The van der Waals surface area contributed by atoms with E-state index in [1.807, 2.05) is 0 Å². The SMILES string of the molecule is CC(C)n1cc(S(=O)(=O)NCC2CCOC2)cc1C(=O)O. The van der Waals surface area contributed by atoms with Gasteiger partial charge in [-0.2, -0.15) is 0 Å². The molecule has 1 aliphatic rings. The zero-order valence-corrected chi connectivity index (χ0v) is 12.9. The number of aromatic carboxylic acids is 1. The van der Waals surface area contributed by atoms with Crippen molar-refractivity contribution in [2.24, 2.45) is 5.92 Å². The van der Waals surface area contributed by atoms with Crippen LogP contribution in [0.5, 0.6) is 0 Å². The van der Waals surface area contributed by atoms with Gasteiger partial charge in [0.2, 0.25) is 10.0 Å². The number of rotatable bonds is 6. The first-order chi connectivity index (χ1) is 9.81. The summed E-state index contributed by atoms with van der Waals surface area (Å²) in [5.41, 5.74) is -0.0328. The number of ether oxygens (including phenoxy) is 1. The summed E-state index contributed by atoms with van der Waals surface area (Å²) in [7, 11) is -3.71. The summed E-state index contributed by atoms with van der Waals surface area (Å²) >= 11 is 0. The highest BCUT2D eigenvalue weighted by Gasteiger charge is 2.24. The van der Waals surface area contributed by atoms with E-state index < -0.39 is 16.0 Å². The van der Waals surface area contributed by atoms with Crippen molar-refractivity contribution in [1.29, 1.82) is 0 Å². The summed E-state index contributed by atoms with van der Waals surface area (Å²) < 4.78 is 33.6. The minimum atomic E-state index is -3.71. The first-order valence-electron chi connectivity index (χ1n) is 6.84. The molecule has 21 heavy (non-hydrogen) atoms. The lowest BCUT2D eigenvalue weighted by atomic mass is 10.1. The molecule has 1 aromatic rings. The summed E-state index contributed by atoms with van der Waals surface area (Å²) in [4.78, 5) is 11.2. The third kappa shape index (κ3) is 3.63. The Morgan fingerprint density at radius 2 is 2.29 bits per heavy atom. The van der Waals surface area contributed by atoms with Crippen molar-refractivity contribution in [3.63, 3.8) is 0 Å². The van der Waals surface area contributed by atoms with Gasteiger partial charge in [-0.25, -0.2) is 17.9 Å². The summed E-state index contributed by atoms with van der Waals surface area (Å²) in [5, 5.41) is 9.14. The summed E-state index contributed by atoms with van der Waals surface area (Å²) in [6.07, 6.45) is 2.19. The maximum absolute atomic E-state index is 12.2. The Morgan fingerprint density at radius 1 is 1.57 bits per heavy atom. The molecule has 0 aliphatic carbocycles. The number of aromatic nitrogens is 1. The van der Waals surface area contributed by atoms with E-state index in [-0.39, 0.29) is 22.5 Å². The van der Waals surface area contributed by atoms with Crippen LogP contribution in [0.1, 0.15) is 36.8 Å². The van der Waals surface area contributed by atoms with Gasteiger partial charge in [0, 0.05) is 25.4 Å². The number of hydrogen-bond acceptors (Lipinski definition) is 4. The molecule has 1 saturated heterocycles. The topological polar surface area (TPSA) is 97.6 Å². The molecule has 0 spiro atoms. The first kappa shape index (κ1) is 16.0. The monoisotopic (exact) mass is 316 g/mol. The Morgan fingerprint density at radius 3 is 2.76 bits per heavy atom. The fourth-order valence-corrected chi connectivity index (χ4v) is 3.40. The maximum atomic E-state index is 12.2. The zero-order valence-electron chi connectivity index (χ0n) is 12.1. The molecule has 1 unspecified atom stereocenters. The highest BCUT2D eigenvalue weighted by atomic mass is 32.2. The lowest BCUT2D eigenvalue weighted by molar-refractivity contribution is 0.0683. The van der Waals surface area contributed by atoms with E-state index in [4.69, 9.17) is 9.84 Å². The van der Waals surface area contributed by atoms with Crippen molar-refractivity contribution < 1.29 is 23.1 Å². The van der Waals surface area contributed by atoms with Crippen LogP contribution in [-0.2, 0) is 14.8 Å². The predicted octanol–water partition coefficient (Wildman–Crippen LogP) is 1.08. The van der Waals surface area contributed by atoms with Gasteiger partial charge >= 0.3 is 5.97 Å². The first-order valence-corrected chi connectivity index (χ1v) is 8.32. The summed E-state index contributed by atoms with van der Waals surface area (Å²) in [5.74, 6) is -0.972. The van der Waals surface area contributed by atoms with E-state index in [9.17, 15) is 13.2 Å². The molecule has 0 aromatic carbocycles. The molecule has 2 heterocycles. The van der Waals surface area contributed by atoms with Gasteiger partial charge in [0.05, 0.1) is 6.61 Å². The number of nitrogens with one attached hydrogen (secondary N) is 1. The van der Waals surface area contributed by atoms with E-state index in [2.05, 4.69) is 4.72 Å². The predicted molar refractivity (Wildman–Crippen MR) is 75.9 cm³/mol. The fraction of sp³-hybridized carbons (Fsp3) is 0.615. The van der Waals surface area contributed by atoms with Crippen LogP contribution in [0.2, 0.25) is 0 Å². The van der Waals surface area contributed by atoms with Crippen LogP contribution in [0.4, 0.5) is 0 Å². The molecule has 1 aromatic heterocycles. The van der Waals surface area contributed by atoms with Crippen molar-refractivity contribution in [3.05, 3.63) is 18.0 Å². The zero-order chi connectivity index (χ0) is 15.6. The smallest absolute Gasteiger partial charge is 0.352 e. The quantitative estimate of drug-likeness (QED) is 0.818. The molecular formula is C13H20N2O5S. The Kier molecular flexibility index (Phi) is 4.70. The van der Waals surface area contributed by atoms with Crippen LogP contribution in [0.3, 0.4) is 0 Å². The second-order valence-electron chi connectivity index (χ2n) is 5.45. The largest absolute Gasteiger partial charge is 0.477 e. The van der Waals surface area contributed by atoms with Gasteiger partial charge in [-0.15, -0.1) is 0 Å². The Labute approximate surface area is 124 Å². The summed E-state index contributed by atoms with van der Waals surface area (Å²) in [6.45, 7) is 5.10. The van der Waals surface area contributed by atoms with E-state index in [0.29, 0.717) is 19.8 Å². The number of hydrogen-bond donors (Lipinski definition) is 2. The highest BCUT2D eigenvalue weighted by molar-refractivity contribution is 7.89. The molecule has 1 atom stereocenters. The number of carbonyl (C=O) groups is 1. The van der Waals surface area contributed by atoms with E-state index in [1.54, 1.807) is 13.8 Å². The maximum Gasteiger partial charge on any atom is 0.352 e. The van der Waals surface area contributed by atoms with Crippen LogP contribution < -0.4 is 4.72 Å². The molecule has 1 fully saturated rings. The van der Waals surface area contributed by atoms with Crippen molar-refractivity contribution in [2.45, 2.75) is 31.2 Å². The fourth-order valence-electron chi connectivity index (χ4n) is 2.25. The lowest BCUT2D eigenvalue weighted by Gasteiger charge is -2.10.